The molecule has 0 aliphatic heterocycles. The topological polar surface area (TPSA) is 213 Å². The van der Waals surface area contributed by atoms with Gasteiger partial charge in [0.2, 0.25) is 0 Å². The van der Waals surface area contributed by atoms with Crippen molar-refractivity contribution in [3.8, 4) is 0 Å². The SMILES string of the molecule is N[C@@H](CC(=O)[O-])C(=O)[O-].N[C@@H](CC(=O)[O-])C(=O)[O-].[Sn+4]. The van der Waals surface area contributed by atoms with Crippen LogP contribution in [-0.2, 0) is 19.2 Å². The number of carboxylic acid groups (broad SMARTS) is 4. The molecule has 0 saturated heterocycles. The first kappa shape index (κ1) is 22.8. The Morgan fingerprint density at radius 1 is 0.737 bits per heavy atom. The second kappa shape index (κ2) is 11.7. The molecule has 0 amide bonds. The van der Waals surface area contributed by atoms with Crippen molar-refractivity contribution in [3.05, 3.63) is 0 Å². The molecule has 4 N–H and O–H groups in total. The maximum absolute atomic E-state index is 9.71. The maximum atomic E-state index is 9.71. The van der Waals surface area contributed by atoms with Crippen molar-refractivity contribution >= 4 is 47.8 Å². The molecule has 0 spiro atoms. The molecule has 0 rings (SSSR count). The number of carbonyl (C=O) groups is 4. The van der Waals surface area contributed by atoms with Crippen LogP contribution in [0.1, 0.15) is 12.8 Å². The first-order valence-corrected chi connectivity index (χ1v) is 4.40. The Morgan fingerprint density at radius 3 is 1.00 bits per heavy atom. The normalized spacial score (nSPS) is 11.9. The van der Waals surface area contributed by atoms with Gasteiger partial charge in [0.15, 0.2) is 0 Å². The molecule has 11 heteroatoms. The molecule has 10 nitrogen and oxygen atoms in total. The van der Waals surface area contributed by atoms with Crippen LogP contribution >= 0.6 is 0 Å². The fraction of sp³-hybridized carbons (Fsp3) is 0.500. The van der Waals surface area contributed by atoms with Gasteiger partial charge >= 0.3 is 23.9 Å². The van der Waals surface area contributed by atoms with Crippen molar-refractivity contribution in [2.45, 2.75) is 24.9 Å². The molecule has 2 atom stereocenters. The van der Waals surface area contributed by atoms with Gasteiger partial charge in [-0.25, -0.2) is 0 Å². The number of aliphatic carboxylic acids is 4. The van der Waals surface area contributed by atoms with Crippen LogP contribution in [0.2, 0.25) is 0 Å². The fourth-order valence-corrected chi connectivity index (χ4v) is 0.526. The third kappa shape index (κ3) is 16.6. The zero-order valence-corrected chi connectivity index (χ0v) is 12.3. The van der Waals surface area contributed by atoms with Gasteiger partial charge in [-0.15, -0.1) is 0 Å². The van der Waals surface area contributed by atoms with Gasteiger partial charge in [-0.05, 0) is 0 Å². The third-order valence-corrected chi connectivity index (χ3v) is 1.38. The van der Waals surface area contributed by atoms with Crippen LogP contribution in [0.3, 0.4) is 0 Å². The van der Waals surface area contributed by atoms with E-state index in [9.17, 15) is 39.6 Å². The zero-order valence-electron chi connectivity index (χ0n) is 9.49. The van der Waals surface area contributed by atoms with Crippen LogP contribution in [0.4, 0.5) is 0 Å². The summed E-state index contributed by atoms with van der Waals surface area (Å²) in [5.41, 5.74) is 9.47. The molecule has 0 radical (unpaired) electrons. The van der Waals surface area contributed by atoms with E-state index in [0.29, 0.717) is 0 Å². The average Bonchev–Trinajstić information content (AvgIpc) is 2.16. The van der Waals surface area contributed by atoms with E-state index >= 15 is 0 Å². The van der Waals surface area contributed by atoms with Gasteiger partial charge in [-0.2, -0.15) is 0 Å². The second-order valence-electron chi connectivity index (χ2n) is 3.00. The molecular weight excluding hydrogens is 371 g/mol. The Kier molecular flexibility index (Phi) is 14.0. The van der Waals surface area contributed by atoms with E-state index in [4.69, 9.17) is 11.5 Å². The molecule has 0 heterocycles. The van der Waals surface area contributed by atoms with Gasteiger partial charge in [0.1, 0.15) is 0 Å². The maximum Gasteiger partial charge on any atom is 4.00 e. The molecule has 0 aliphatic carbocycles. The van der Waals surface area contributed by atoms with Crippen LogP contribution in [-0.4, -0.2) is 59.9 Å². The minimum absolute atomic E-state index is 0. The largest absolute Gasteiger partial charge is 4.00 e. The molecule has 0 aromatic carbocycles. The van der Waals surface area contributed by atoms with Crippen molar-refractivity contribution in [2.24, 2.45) is 11.5 Å². The molecule has 19 heavy (non-hydrogen) atoms. The molecule has 0 aromatic rings. The number of hydrogen-bond donors (Lipinski definition) is 2. The Morgan fingerprint density at radius 2 is 0.947 bits per heavy atom. The summed E-state index contributed by atoms with van der Waals surface area (Å²) in [5, 5.41) is 38.7. The third-order valence-electron chi connectivity index (χ3n) is 1.38. The van der Waals surface area contributed by atoms with E-state index in [2.05, 4.69) is 0 Å². The monoisotopic (exact) mass is 382 g/mol. The number of nitrogens with two attached hydrogens (primary N) is 2. The summed E-state index contributed by atoms with van der Waals surface area (Å²) in [6.07, 6.45) is -1.41. The summed E-state index contributed by atoms with van der Waals surface area (Å²) in [5.74, 6) is -6.16. The summed E-state index contributed by atoms with van der Waals surface area (Å²) in [6.45, 7) is 0. The van der Waals surface area contributed by atoms with Crippen LogP contribution in [0.15, 0.2) is 0 Å². The molecule has 104 valence electrons. The summed E-state index contributed by atoms with van der Waals surface area (Å²) in [7, 11) is 0. The predicted molar refractivity (Wildman–Crippen MR) is 51.0 cm³/mol. The summed E-state index contributed by atoms with van der Waals surface area (Å²) >= 11 is 0. The molecular formula is C8H10N2O8Sn. The van der Waals surface area contributed by atoms with Gasteiger partial charge in [0, 0.05) is 36.9 Å². The van der Waals surface area contributed by atoms with E-state index in [0.717, 1.165) is 0 Å². The first-order valence-electron chi connectivity index (χ1n) is 4.40. The van der Waals surface area contributed by atoms with Crippen molar-refractivity contribution in [2.75, 3.05) is 0 Å². The zero-order chi connectivity index (χ0) is 14.9. The van der Waals surface area contributed by atoms with Crippen molar-refractivity contribution in [1.29, 1.82) is 0 Å². The molecule has 0 unspecified atom stereocenters. The first-order chi connectivity index (χ1) is 8.07. The molecule has 0 fully saturated rings. The van der Waals surface area contributed by atoms with E-state index < -0.39 is 48.8 Å². The minimum Gasteiger partial charge on any atom is -0.550 e. The standard InChI is InChI=1S/2C4H7NO4.Sn/c2*5-2(4(8)9)1-3(6)7;/h2*2H,1,5H2,(H,6,7)(H,8,9);/q;;+4/p-4/t2*2-;/m00./s1. The number of rotatable bonds is 6. The molecule has 0 bridgehead atoms. The van der Waals surface area contributed by atoms with Crippen molar-refractivity contribution < 1.29 is 39.6 Å². The van der Waals surface area contributed by atoms with Crippen LogP contribution in [0.25, 0.3) is 0 Å². The Balaban J connectivity index is -0.000000256. The van der Waals surface area contributed by atoms with Crippen LogP contribution < -0.4 is 31.9 Å². The van der Waals surface area contributed by atoms with Gasteiger partial charge in [-0.3, -0.25) is 0 Å². The van der Waals surface area contributed by atoms with Crippen LogP contribution in [0.5, 0.6) is 0 Å². The average molecular weight is 381 g/mol. The number of carbonyl (C=O) groups excluding carboxylic acids is 4. The Labute approximate surface area is 124 Å². The minimum atomic E-state index is -1.58. The predicted octanol–water partition coefficient (Wildman–Crippen LogP) is -7.97. The van der Waals surface area contributed by atoms with E-state index in [-0.39, 0.29) is 23.9 Å². The van der Waals surface area contributed by atoms with E-state index in [1.807, 2.05) is 0 Å². The summed E-state index contributed by atoms with van der Waals surface area (Å²) < 4.78 is 0. The number of carboxylic acids is 4. The van der Waals surface area contributed by atoms with Gasteiger partial charge in [0.05, 0.1) is 11.9 Å². The van der Waals surface area contributed by atoms with Crippen molar-refractivity contribution in [1.82, 2.24) is 0 Å². The van der Waals surface area contributed by atoms with Gasteiger partial charge in [-0.1, -0.05) is 0 Å². The fourth-order valence-electron chi connectivity index (χ4n) is 0.526. The van der Waals surface area contributed by atoms with E-state index in [1.165, 1.54) is 0 Å². The molecule has 0 aromatic heterocycles. The summed E-state index contributed by atoms with van der Waals surface area (Å²) in [6, 6.07) is -2.93. The molecule has 0 aliphatic rings. The number of hydrogen-bond acceptors (Lipinski definition) is 10. The Bertz CT molecular complexity index is 303. The van der Waals surface area contributed by atoms with Crippen molar-refractivity contribution in [3.63, 3.8) is 0 Å². The molecule has 0 saturated carbocycles. The smallest absolute Gasteiger partial charge is 0.550 e. The van der Waals surface area contributed by atoms with Crippen LogP contribution in [0, 0.1) is 0 Å². The summed E-state index contributed by atoms with van der Waals surface area (Å²) in [4.78, 5) is 38.7. The second-order valence-corrected chi connectivity index (χ2v) is 3.00. The van der Waals surface area contributed by atoms with Gasteiger partial charge in [0.25, 0.3) is 0 Å². The quantitative estimate of drug-likeness (QED) is 0.415. The Hall–Kier alpha value is -1.40. The van der Waals surface area contributed by atoms with E-state index in [1.54, 1.807) is 0 Å². The van der Waals surface area contributed by atoms with Gasteiger partial charge < -0.3 is 51.1 Å².